The van der Waals surface area contributed by atoms with Crippen LogP contribution in [0.25, 0.3) is 6.08 Å². The van der Waals surface area contributed by atoms with Gasteiger partial charge in [0.2, 0.25) is 0 Å². The summed E-state index contributed by atoms with van der Waals surface area (Å²) in [6.07, 6.45) is 4.92. The number of hydrogen-bond acceptors (Lipinski definition) is 5. The second kappa shape index (κ2) is 10.4. The van der Waals surface area contributed by atoms with E-state index in [0.29, 0.717) is 23.1 Å². The molecule has 3 aromatic rings. The van der Waals surface area contributed by atoms with Crippen LogP contribution in [0.3, 0.4) is 0 Å². The van der Waals surface area contributed by atoms with Crippen LogP contribution in [0.4, 0.5) is 5.13 Å². The van der Waals surface area contributed by atoms with Crippen molar-refractivity contribution in [2.45, 2.75) is 26.7 Å². The zero-order chi connectivity index (χ0) is 21.3. The fourth-order valence-electron chi connectivity index (χ4n) is 2.88. The van der Waals surface area contributed by atoms with Crippen molar-refractivity contribution >= 4 is 28.5 Å². The summed E-state index contributed by atoms with van der Waals surface area (Å²) in [6, 6.07) is 17.6. The zero-order valence-electron chi connectivity index (χ0n) is 17.0. The Morgan fingerprint density at radius 3 is 2.87 bits per heavy atom. The number of nitriles is 1. The van der Waals surface area contributed by atoms with Gasteiger partial charge >= 0.3 is 0 Å². The highest BCUT2D eigenvalue weighted by molar-refractivity contribution is 7.15. The quantitative estimate of drug-likeness (QED) is 0.395. The average Bonchev–Trinajstić information content (AvgIpc) is 3.17. The molecule has 1 N–H and O–H groups in total. The first-order chi connectivity index (χ1) is 14.6. The van der Waals surface area contributed by atoms with Gasteiger partial charge in [-0.1, -0.05) is 55.0 Å². The number of nitrogens with one attached hydrogen (secondary N) is 1. The van der Waals surface area contributed by atoms with Crippen molar-refractivity contribution in [2.24, 2.45) is 0 Å². The van der Waals surface area contributed by atoms with E-state index in [1.54, 1.807) is 12.3 Å². The molecule has 30 heavy (non-hydrogen) atoms. The lowest BCUT2D eigenvalue weighted by molar-refractivity contribution is -0.112. The minimum Gasteiger partial charge on any atom is -0.493 e. The summed E-state index contributed by atoms with van der Waals surface area (Å²) in [5.74, 6) is 0.161. The normalized spacial score (nSPS) is 11.0. The number of carbonyl (C=O) groups is 1. The predicted molar refractivity (Wildman–Crippen MR) is 121 cm³/mol. The number of ether oxygens (including phenoxy) is 1. The molecule has 0 bridgehead atoms. The van der Waals surface area contributed by atoms with Crippen molar-refractivity contribution < 1.29 is 9.53 Å². The molecule has 2 aromatic carbocycles. The van der Waals surface area contributed by atoms with Gasteiger partial charge in [0.05, 0.1) is 6.61 Å². The van der Waals surface area contributed by atoms with Gasteiger partial charge in [-0.3, -0.25) is 10.1 Å². The van der Waals surface area contributed by atoms with Crippen molar-refractivity contribution in [1.82, 2.24) is 4.98 Å². The van der Waals surface area contributed by atoms with Gasteiger partial charge in [0.1, 0.15) is 17.4 Å². The number of nitrogens with zero attached hydrogens (tertiary/aromatic N) is 2. The molecule has 5 nitrogen and oxygen atoms in total. The smallest absolute Gasteiger partial charge is 0.268 e. The van der Waals surface area contributed by atoms with Gasteiger partial charge in [0.25, 0.3) is 5.91 Å². The summed E-state index contributed by atoms with van der Waals surface area (Å²) >= 11 is 1.41. The fourth-order valence-corrected chi connectivity index (χ4v) is 3.72. The summed E-state index contributed by atoms with van der Waals surface area (Å²) in [4.78, 5) is 17.9. The molecule has 0 aliphatic rings. The monoisotopic (exact) mass is 417 g/mol. The largest absolute Gasteiger partial charge is 0.493 e. The highest BCUT2D eigenvalue weighted by atomic mass is 32.1. The van der Waals surface area contributed by atoms with E-state index >= 15 is 0 Å². The van der Waals surface area contributed by atoms with Gasteiger partial charge in [0.15, 0.2) is 5.13 Å². The molecule has 0 radical (unpaired) electrons. The van der Waals surface area contributed by atoms with E-state index in [1.807, 2.05) is 43.3 Å². The molecule has 1 amide bonds. The fraction of sp³-hybridized carbons (Fsp3) is 0.208. The Kier molecular flexibility index (Phi) is 7.36. The summed E-state index contributed by atoms with van der Waals surface area (Å²) < 4.78 is 5.70. The Morgan fingerprint density at radius 2 is 2.10 bits per heavy atom. The van der Waals surface area contributed by atoms with E-state index < -0.39 is 5.91 Å². The molecule has 152 valence electrons. The van der Waals surface area contributed by atoms with Crippen LogP contribution in [-0.4, -0.2) is 17.5 Å². The number of aromatic nitrogens is 1. The Bertz CT molecular complexity index is 1100. The third-order valence-corrected chi connectivity index (χ3v) is 5.19. The standard InChI is InChI=1S/C24H23N3O2S/c1-3-11-29-22-10-5-4-9-19(22)14-20(15-25)23(28)27-24-26-16-21(30-24)13-18-8-6-7-17(2)12-18/h4-10,12,14,16H,3,11,13H2,1-2H3,(H,26,27,28). The summed E-state index contributed by atoms with van der Waals surface area (Å²) in [5, 5.41) is 12.7. The molecule has 0 aliphatic heterocycles. The highest BCUT2D eigenvalue weighted by Crippen LogP contribution is 2.24. The molecular formula is C24H23N3O2S. The van der Waals surface area contributed by atoms with Gasteiger partial charge in [-0.05, 0) is 31.1 Å². The minimum absolute atomic E-state index is 0.00187. The number of amides is 1. The number of anilines is 1. The molecule has 0 unspecified atom stereocenters. The second-order valence-electron chi connectivity index (χ2n) is 6.81. The lowest BCUT2D eigenvalue weighted by Gasteiger charge is -2.08. The van der Waals surface area contributed by atoms with Crippen molar-refractivity contribution in [3.05, 3.63) is 81.9 Å². The first-order valence-corrected chi connectivity index (χ1v) is 10.6. The molecule has 6 heteroatoms. The third kappa shape index (κ3) is 5.79. The van der Waals surface area contributed by atoms with Crippen LogP contribution in [0.5, 0.6) is 5.75 Å². The number of hydrogen-bond donors (Lipinski definition) is 1. The van der Waals surface area contributed by atoms with E-state index in [4.69, 9.17) is 4.74 Å². The van der Waals surface area contributed by atoms with Gasteiger partial charge in [-0.2, -0.15) is 5.26 Å². The molecule has 0 saturated carbocycles. The Balaban J connectivity index is 1.71. The van der Waals surface area contributed by atoms with Crippen molar-refractivity contribution in [3.8, 4) is 11.8 Å². The first kappa shape index (κ1) is 21.3. The Hall–Kier alpha value is -3.43. The molecule has 0 aliphatic carbocycles. The van der Waals surface area contributed by atoms with Crippen LogP contribution in [0.2, 0.25) is 0 Å². The molecule has 3 rings (SSSR count). The third-order valence-electron chi connectivity index (χ3n) is 4.28. The van der Waals surface area contributed by atoms with Crippen LogP contribution in [-0.2, 0) is 11.2 Å². The first-order valence-electron chi connectivity index (χ1n) is 9.74. The zero-order valence-corrected chi connectivity index (χ0v) is 17.8. The van der Waals surface area contributed by atoms with Crippen LogP contribution in [0, 0.1) is 18.3 Å². The SMILES string of the molecule is CCCOc1ccccc1C=C(C#N)C(=O)Nc1ncc(Cc2cccc(C)c2)s1. The summed E-state index contributed by atoms with van der Waals surface area (Å²) in [5.41, 5.74) is 3.09. The molecule has 1 aromatic heterocycles. The number of para-hydroxylation sites is 1. The maximum absolute atomic E-state index is 12.6. The number of aryl methyl sites for hydroxylation is 1. The van der Waals surface area contributed by atoms with E-state index in [2.05, 4.69) is 35.4 Å². The van der Waals surface area contributed by atoms with Gasteiger partial charge in [0, 0.05) is 23.1 Å². The highest BCUT2D eigenvalue weighted by Gasteiger charge is 2.13. The second-order valence-corrected chi connectivity index (χ2v) is 7.92. The lowest BCUT2D eigenvalue weighted by atomic mass is 10.1. The molecular weight excluding hydrogens is 394 g/mol. The van der Waals surface area contributed by atoms with Crippen LogP contribution < -0.4 is 10.1 Å². The topological polar surface area (TPSA) is 75.0 Å². The predicted octanol–water partition coefficient (Wildman–Crippen LogP) is 5.38. The van der Waals surface area contributed by atoms with Crippen LogP contribution in [0.15, 0.2) is 60.3 Å². The summed E-state index contributed by atoms with van der Waals surface area (Å²) in [7, 11) is 0. The summed E-state index contributed by atoms with van der Waals surface area (Å²) in [6.45, 7) is 4.65. The van der Waals surface area contributed by atoms with Gasteiger partial charge in [-0.15, -0.1) is 11.3 Å². The number of rotatable bonds is 8. The Morgan fingerprint density at radius 1 is 1.27 bits per heavy atom. The molecule has 0 spiro atoms. The van der Waals surface area contributed by atoms with E-state index in [0.717, 1.165) is 17.7 Å². The maximum atomic E-state index is 12.6. The van der Waals surface area contributed by atoms with Crippen molar-refractivity contribution in [3.63, 3.8) is 0 Å². The number of carbonyl (C=O) groups excluding carboxylic acids is 1. The molecule has 0 atom stereocenters. The average molecular weight is 418 g/mol. The molecule has 1 heterocycles. The Labute approximate surface area is 180 Å². The maximum Gasteiger partial charge on any atom is 0.268 e. The van der Waals surface area contributed by atoms with E-state index in [1.165, 1.54) is 22.5 Å². The van der Waals surface area contributed by atoms with Gasteiger partial charge in [-0.25, -0.2) is 4.98 Å². The van der Waals surface area contributed by atoms with Gasteiger partial charge < -0.3 is 4.74 Å². The van der Waals surface area contributed by atoms with Crippen molar-refractivity contribution in [1.29, 1.82) is 5.26 Å². The number of thiazole rings is 1. The molecule has 0 saturated heterocycles. The van der Waals surface area contributed by atoms with E-state index in [-0.39, 0.29) is 5.57 Å². The van der Waals surface area contributed by atoms with Crippen LogP contribution in [0.1, 0.15) is 34.9 Å². The number of benzene rings is 2. The van der Waals surface area contributed by atoms with Crippen LogP contribution >= 0.6 is 11.3 Å². The molecule has 0 fully saturated rings. The van der Waals surface area contributed by atoms with Crippen molar-refractivity contribution in [2.75, 3.05) is 11.9 Å². The van der Waals surface area contributed by atoms with E-state index in [9.17, 15) is 10.1 Å². The lowest BCUT2D eigenvalue weighted by Crippen LogP contribution is -2.13. The minimum atomic E-state index is -0.487.